The molecular weight excluding hydrogens is 170 g/mol. The molecule has 2 atom stereocenters. The van der Waals surface area contributed by atoms with E-state index in [0.717, 1.165) is 18.5 Å². The molecule has 0 N–H and O–H groups in total. The van der Waals surface area contributed by atoms with Gasteiger partial charge in [0, 0.05) is 19.1 Å². The van der Waals surface area contributed by atoms with E-state index in [2.05, 4.69) is 47.4 Å². The zero-order valence-electron chi connectivity index (χ0n) is 8.26. The van der Waals surface area contributed by atoms with Gasteiger partial charge in [0.15, 0.2) is 0 Å². The second-order valence-electron chi connectivity index (χ2n) is 4.36. The highest BCUT2D eigenvalue weighted by atomic mass is 15.2. The van der Waals surface area contributed by atoms with E-state index in [9.17, 15) is 0 Å². The topological polar surface area (TPSA) is 3.24 Å². The Labute approximate surface area is 85.0 Å². The van der Waals surface area contributed by atoms with Crippen LogP contribution in [0.25, 0.3) is 0 Å². The Bertz CT molecular complexity index is 342. The molecule has 2 aliphatic rings. The van der Waals surface area contributed by atoms with Crippen LogP contribution in [0, 0.1) is 5.92 Å². The maximum Gasteiger partial charge on any atom is 0.0288 e. The highest BCUT2D eigenvalue weighted by Crippen LogP contribution is 2.32. The van der Waals surface area contributed by atoms with Crippen molar-refractivity contribution < 1.29 is 0 Å². The second-order valence-corrected chi connectivity index (χ2v) is 4.36. The molecule has 14 heavy (non-hydrogen) atoms. The van der Waals surface area contributed by atoms with Gasteiger partial charge in [-0.3, -0.25) is 4.90 Å². The molecule has 0 saturated carbocycles. The van der Waals surface area contributed by atoms with E-state index < -0.39 is 0 Å². The van der Waals surface area contributed by atoms with Gasteiger partial charge in [0.05, 0.1) is 0 Å². The van der Waals surface area contributed by atoms with Crippen molar-refractivity contribution in [2.75, 3.05) is 6.54 Å². The molecule has 1 nitrogen and oxygen atoms in total. The monoisotopic (exact) mass is 185 g/mol. The van der Waals surface area contributed by atoms with E-state index in [1.807, 2.05) is 0 Å². The molecule has 3 rings (SSSR count). The van der Waals surface area contributed by atoms with Crippen molar-refractivity contribution in [1.29, 1.82) is 0 Å². The maximum absolute atomic E-state index is 2.58. The van der Waals surface area contributed by atoms with Crippen molar-refractivity contribution >= 4 is 0 Å². The summed E-state index contributed by atoms with van der Waals surface area (Å²) in [6, 6.07) is 11.5. The minimum atomic E-state index is 0.722. The lowest BCUT2D eigenvalue weighted by Crippen LogP contribution is -2.28. The molecule has 1 aromatic rings. The smallest absolute Gasteiger partial charge is 0.0288 e. The summed E-state index contributed by atoms with van der Waals surface area (Å²) in [5.41, 5.74) is 1.44. The highest BCUT2D eigenvalue weighted by Gasteiger charge is 2.32. The molecule has 72 valence electrons. The van der Waals surface area contributed by atoms with Crippen LogP contribution in [0.5, 0.6) is 0 Å². The van der Waals surface area contributed by atoms with Gasteiger partial charge < -0.3 is 0 Å². The minimum absolute atomic E-state index is 0.722. The van der Waals surface area contributed by atoms with Crippen molar-refractivity contribution in [3.8, 4) is 0 Å². The van der Waals surface area contributed by atoms with Crippen molar-refractivity contribution in [2.24, 2.45) is 5.92 Å². The predicted octanol–water partition coefficient (Wildman–Crippen LogP) is 2.45. The number of rotatable bonds is 2. The quantitative estimate of drug-likeness (QED) is 0.640. The fourth-order valence-electron chi connectivity index (χ4n) is 2.60. The third kappa shape index (κ3) is 1.38. The molecule has 2 bridgehead atoms. The van der Waals surface area contributed by atoms with Crippen LogP contribution in [-0.2, 0) is 6.54 Å². The molecule has 1 heterocycles. The average Bonchev–Trinajstić information content (AvgIpc) is 2.81. The van der Waals surface area contributed by atoms with E-state index in [4.69, 9.17) is 0 Å². The molecule has 0 aromatic heterocycles. The van der Waals surface area contributed by atoms with Crippen molar-refractivity contribution in [3.05, 3.63) is 48.0 Å². The Kier molecular flexibility index (Phi) is 1.91. The average molecular weight is 185 g/mol. The number of hydrogen-bond acceptors (Lipinski definition) is 1. The second kappa shape index (κ2) is 3.25. The number of likely N-dealkylation sites (tertiary alicyclic amines) is 1. The molecule has 0 radical (unpaired) electrons. The van der Waals surface area contributed by atoms with Gasteiger partial charge in [-0.25, -0.2) is 0 Å². The lowest BCUT2D eigenvalue weighted by atomic mass is 10.1. The maximum atomic E-state index is 2.58. The number of nitrogens with zero attached hydrogens (tertiary/aromatic N) is 1. The van der Waals surface area contributed by atoms with Crippen molar-refractivity contribution in [1.82, 2.24) is 4.90 Å². The zero-order chi connectivity index (χ0) is 9.38. The molecule has 0 unspecified atom stereocenters. The molecule has 1 saturated heterocycles. The number of fused-ring (bicyclic) bond motifs is 2. The van der Waals surface area contributed by atoms with Gasteiger partial charge in [0.2, 0.25) is 0 Å². The summed E-state index contributed by atoms with van der Waals surface area (Å²) in [7, 11) is 0. The largest absolute Gasteiger partial charge is 0.292 e. The van der Waals surface area contributed by atoms with Crippen LogP contribution in [0.15, 0.2) is 42.5 Å². The lowest BCUT2D eigenvalue weighted by molar-refractivity contribution is 0.271. The lowest BCUT2D eigenvalue weighted by Gasteiger charge is -2.23. The predicted molar refractivity (Wildman–Crippen MR) is 57.9 cm³/mol. The summed E-state index contributed by atoms with van der Waals surface area (Å²) in [4.78, 5) is 2.58. The van der Waals surface area contributed by atoms with Gasteiger partial charge in [0.25, 0.3) is 0 Å². The number of hydrogen-bond donors (Lipinski definition) is 0. The fourth-order valence-corrected chi connectivity index (χ4v) is 2.60. The highest BCUT2D eigenvalue weighted by molar-refractivity contribution is 5.18. The van der Waals surface area contributed by atoms with Gasteiger partial charge in [-0.15, -0.1) is 0 Å². The summed E-state index contributed by atoms with van der Waals surface area (Å²) in [5, 5.41) is 0. The summed E-state index contributed by atoms with van der Waals surface area (Å²) >= 11 is 0. The van der Waals surface area contributed by atoms with E-state index in [1.54, 1.807) is 0 Å². The van der Waals surface area contributed by atoms with Crippen LogP contribution in [0.4, 0.5) is 0 Å². The molecule has 1 fully saturated rings. The van der Waals surface area contributed by atoms with Crippen LogP contribution in [0.2, 0.25) is 0 Å². The van der Waals surface area contributed by atoms with Crippen molar-refractivity contribution in [2.45, 2.75) is 19.0 Å². The van der Waals surface area contributed by atoms with Crippen LogP contribution in [-0.4, -0.2) is 17.5 Å². The summed E-state index contributed by atoms with van der Waals surface area (Å²) < 4.78 is 0. The molecule has 1 aliphatic heterocycles. The van der Waals surface area contributed by atoms with Crippen LogP contribution < -0.4 is 0 Å². The summed E-state index contributed by atoms with van der Waals surface area (Å²) in [5.74, 6) is 0.837. The molecular formula is C13H15N. The first-order valence-corrected chi connectivity index (χ1v) is 5.38. The Balaban J connectivity index is 1.72. The molecule has 0 spiro atoms. The third-order valence-corrected chi connectivity index (χ3v) is 3.32. The number of benzene rings is 1. The molecule has 1 aromatic carbocycles. The first-order chi connectivity index (χ1) is 6.92. The normalized spacial score (nSPS) is 30.0. The van der Waals surface area contributed by atoms with E-state index >= 15 is 0 Å². The Hall–Kier alpha value is -1.08. The van der Waals surface area contributed by atoms with Gasteiger partial charge in [-0.05, 0) is 17.9 Å². The molecule has 1 aliphatic carbocycles. The Morgan fingerprint density at radius 2 is 2.00 bits per heavy atom. The van der Waals surface area contributed by atoms with Gasteiger partial charge in [-0.2, -0.15) is 0 Å². The van der Waals surface area contributed by atoms with Gasteiger partial charge >= 0.3 is 0 Å². The van der Waals surface area contributed by atoms with Gasteiger partial charge in [0.1, 0.15) is 0 Å². The SMILES string of the molecule is C1=C[C@@H]2C[C@@H]1CN2Cc1ccccc1. The molecule has 0 amide bonds. The van der Waals surface area contributed by atoms with Crippen LogP contribution in [0.1, 0.15) is 12.0 Å². The zero-order valence-corrected chi connectivity index (χ0v) is 8.26. The van der Waals surface area contributed by atoms with Crippen LogP contribution >= 0.6 is 0 Å². The van der Waals surface area contributed by atoms with E-state index in [1.165, 1.54) is 18.5 Å². The summed E-state index contributed by atoms with van der Waals surface area (Å²) in [6.07, 6.45) is 6.11. The standard InChI is InChI=1S/C13H15N/c1-2-4-11(5-3-1)9-14-10-12-6-7-13(14)8-12/h1-7,12-13H,8-10H2/t12-,13-/m1/s1. The fraction of sp³-hybridized carbons (Fsp3) is 0.385. The Morgan fingerprint density at radius 1 is 1.14 bits per heavy atom. The first kappa shape index (κ1) is 8.25. The van der Waals surface area contributed by atoms with Gasteiger partial charge in [-0.1, -0.05) is 42.5 Å². The first-order valence-electron chi connectivity index (χ1n) is 5.38. The Morgan fingerprint density at radius 3 is 2.64 bits per heavy atom. The van der Waals surface area contributed by atoms with Crippen molar-refractivity contribution in [3.63, 3.8) is 0 Å². The van der Waals surface area contributed by atoms with E-state index in [0.29, 0.717) is 0 Å². The summed E-state index contributed by atoms with van der Waals surface area (Å²) in [6.45, 7) is 2.38. The molecule has 1 heteroatoms. The third-order valence-electron chi connectivity index (χ3n) is 3.32. The van der Waals surface area contributed by atoms with E-state index in [-0.39, 0.29) is 0 Å². The minimum Gasteiger partial charge on any atom is -0.292 e. The van der Waals surface area contributed by atoms with Crippen LogP contribution in [0.3, 0.4) is 0 Å².